The molecule has 0 saturated heterocycles. The molecular formula is C14H14ClFN2O2S. The second kappa shape index (κ2) is 6.01. The van der Waals surface area contributed by atoms with Crippen molar-refractivity contribution in [3.63, 3.8) is 0 Å². The van der Waals surface area contributed by atoms with Crippen LogP contribution in [0.15, 0.2) is 41.3 Å². The lowest BCUT2D eigenvalue weighted by atomic mass is 10.1. The van der Waals surface area contributed by atoms with E-state index in [1.54, 1.807) is 18.2 Å². The summed E-state index contributed by atoms with van der Waals surface area (Å²) >= 11 is 5.81. The molecule has 0 unspecified atom stereocenters. The first-order valence-electron chi connectivity index (χ1n) is 6.11. The van der Waals surface area contributed by atoms with Crippen LogP contribution in [-0.4, -0.2) is 8.42 Å². The molecule has 0 spiro atoms. The van der Waals surface area contributed by atoms with E-state index in [0.717, 1.165) is 0 Å². The lowest BCUT2D eigenvalue weighted by Gasteiger charge is -2.11. The number of anilines is 1. The number of hydrogen-bond acceptors (Lipinski definition) is 3. The summed E-state index contributed by atoms with van der Waals surface area (Å²) in [7, 11) is -3.83. The quantitative estimate of drug-likeness (QED) is 0.906. The lowest BCUT2D eigenvalue weighted by Crippen LogP contribution is -2.14. The van der Waals surface area contributed by atoms with Crippen LogP contribution >= 0.6 is 11.6 Å². The van der Waals surface area contributed by atoms with Crippen molar-refractivity contribution in [3.8, 4) is 0 Å². The number of hydrogen-bond donors (Lipinski definition) is 2. The van der Waals surface area contributed by atoms with Crippen molar-refractivity contribution in [1.29, 1.82) is 0 Å². The van der Waals surface area contributed by atoms with Crippen LogP contribution in [0.4, 0.5) is 10.1 Å². The molecule has 2 aromatic rings. The van der Waals surface area contributed by atoms with E-state index in [-0.39, 0.29) is 22.6 Å². The third-order valence-corrected chi connectivity index (χ3v) is 4.51. The fourth-order valence-electron chi connectivity index (χ4n) is 1.88. The van der Waals surface area contributed by atoms with Crippen molar-refractivity contribution < 1.29 is 12.8 Å². The van der Waals surface area contributed by atoms with Crippen molar-refractivity contribution in [2.75, 3.05) is 4.72 Å². The predicted octanol–water partition coefficient (Wildman–Crippen LogP) is 3.05. The highest BCUT2D eigenvalue weighted by molar-refractivity contribution is 7.92. The van der Waals surface area contributed by atoms with Crippen molar-refractivity contribution in [2.24, 2.45) is 5.73 Å². The molecule has 0 aliphatic rings. The standard InChI is InChI=1S/C14H14ClFN2O2S/c1-9-5-13(6-10(8-17)14(9)16)21(19,20)18-12-4-2-3-11(15)7-12/h2-7,18H,8,17H2,1H3. The smallest absolute Gasteiger partial charge is 0.261 e. The van der Waals surface area contributed by atoms with Gasteiger partial charge in [-0.1, -0.05) is 17.7 Å². The summed E-state index contributed by atoms with van der Waals surface area (Å²) in [5.41, 5.74) is 6.14. The maximum Gasteiger partial charge on any atom is 0.261 e. The van der Waals surface area contributed by atoms with E-state index in [1.165, 1.54) is 25.1 Å². The van der Waals surface area contributed by atoms with E-state index < -0.39 is 15.8 Å². The Kier molecular flexibility index (Phi) is 4.51. The Hall–Kier alpha value is -1.63. The molecule has 112 valence electrons. The average Bonchev–Trinajstić information content (AvgIpc) is 2.41. The average molecular weight is 329 g/mol. The Labute approximate surface area is 127 Å². The van der Waals surface area contributed by atoms with Gasteiger partial charge in [-0.25, -0.2) is 12.8 Å². The lowest BCUT2D eigenvalue weighted by molar-refractivity contribution is 0.592. The van der Waals surface area contributed by atoms with Crippen LogP contribution in [-0.2, 0) is 16.6 Å². The maximum atomic E-state index is 13.7. The highest BCUT2D eigenvalue weighted by Gasteiger charge is 2.18. The molecule has 0 aliphatic carbocycles. The minimum atomic E-state index is -3.83. The second-order valence-corrected chi connectivity index (χ2v) is 6.65. The zero-order valence-electron chi connectivity index (χ0n) is 11.2. The molecule has 0 fully saturated rings. The van der Waals surface area contributed by atoms with Gasteiger partial charge in [-0.05, 0) is 42.8 Å². The van der Waals surface area contributed by atoms with E-state index >= 15 is 0 Å². The van der Waals surface area contributed by atoms with Crippen LogP contribution in [0.5, 0.6) is 0 Å². The summed E-state index contributed by atoms with van der Waals surface area (Å²) in [5.74, 6) is -0.487. The van der Waals surface area contributed by atoms with E-state index in [4.69, 9.17) is 17.3 Å². The number of sulfonamides is 1. The molecule has 0 amide bonds. The molecule has 0 radical (unpaired) electrons. The van der Waals surface area contributed by atoms with Crippen LogP contribution in [0.25, 0.3) is 0 Å². The Morgan fingerprint density at radius 2 is 2.00 bits per heavy atom. The number of nitrogens with two attached hydrogens (primary N) is 1. The molecule has 0 aliphatic heterocycles. The molecule has 4 nitrogen and oxygen atoms in total. The second-order valence-electron chi connectivity index (χ2n) is 4.53. The molecule has 0 saturated carbocycles. The van der Waals surface area contributed by atoms with Gasteiger partial charge < -0.3 is 5.73 Å². The number of rotatable bonds is 4. The van der Waals surface area contributed by atoms with Crippen molar-refractivity contribution in [3.05, 3.63) is 58.4 Å². The normalized spacial score (nSPS) is 11.4. The van der Waals surface area contributed by atoms with Crippen molar-refractivity contribution >= 4 is 27.3 Å². The molecule has 7 heteroatoms. The third-order valence-electron chi connectivity index (χ3n) is 2.91. The van der Waals surface area contributed by atoms with Crippen LogP contribution in [0.3, 0.4) is 0 Å². The number of aryl methyl sites for hydroxylation is 1. The van der Waals surface area contributed by atoms with Gasteiger partial charge in [-0.15, -0.1) is 0 Å². The number of halogens is 2. The number of benzene rings is 2. The Balaban J connectivity index is 2.42. The molecule has 2 aromatic carbocycles. The summed E-state index contributed by atoms with van der Waals surface area (Å²) in [6.45, 7) is 1.42. The fourth-order valence-corrected chi connectivity index (χ4v) is 3.25. The SMILES string of the molecule is Cc1cc(S(=O)(=O)Nc2cccc(Cl)c2)cc(CN)c1F. The van der Waals surface area contributed by atoms with Gasteiger partial charge in [0.1, 0.15) is 5.82 Å². The molecule has 0 heterocycles. The zero-order chi connectivity index (χ0) is 15.6. The van der Waals surface area contributed by atoms with Crippen LogP contribution in [0, 0.1) is 12.7 Å². The van der Waals surface area contributed by atoms with Gasteiger partial charge in [0.05, 0.1) is 10.6 Å². The van der Waals surface area contributed by atoms with Gasteiger partial charge >= 0.3 is 0 Å². The molecule has 2 rings (SSSR count). The summed E-state index contributed by atoms with van der Waals surface area (Å²) in [5, 5.41) is 0.410. The Morgan fingerprint density at radius 1 is 1.29 bits per heavy atom. The van der Waals surface area contributed by atoms with Crippen LogP contribution in [0.1, 0.15) is 11.1 Å². The summed E-state index contributed by atoms with van der Waals surface area (Å²) in [6.07, 6.45) is 0. The largest absolute Gasteiger partial charge is 0.326 e. The monoisotopic (exact) mass is 328 g/mol. The van der Waals surface area contributed by atoms with Crippen molar-refractivity contribution in [1.82, 2.24) is 0 Å². The molecule has 3 N–H and O–H groups in total. The van der Waals surface area contributed by atoms with Gasteiger partial charge in [0, 0.05) is 17.1 Å². The van der Waals surface area contributed by atoms with Crippen LogP contribution < -0.4 is 10.5 Å². The minimum Gasteiger partial charge on any atom is -0.326 e. The Morgan fingerprint density at radius 3 is 2.62 bits per heavy atom. The Bertz CT molecular complexity index is 779. The summed E-state index contributed by atoms with van der Waals surface area (Å²) in [4.78, 5) is -0.0400. The molecule has 0 bridgehead atoms. The van der Waals surface area contributed by atoms with E-state index in [0.29, 0.717) is 10.7 Å². The first-order valence-corrected chi connectivity index (χ1v) is 7.97. The highest BCUT2D eigenvalue weighted by atomic mass is 35.5. The molecule has 0 atom stereocenters. The van der Waals surface area contributed by atoms with Gasteiger partial charge in [0.15, 0.2) is 0 Å². The minimum absolute atomic E-state index is 0.0400. The summed E-state index contributed by atoms with van der Waals surface area (Å²) < 4.78 is 40.8. The van der Waals surface area contributed by atoms with Gasteiger partial charge in [-0.2, -0.15) is 0 Å². The van der Waals surface area contributed by atoms with Crippen molar-refractivity contribution in [2.45, 2.75) is 18.4 Å². The first-order chi connectivity index (χ1) is 9.83. The molecule has 21 heavy (non-hydrogen) atoms. The zero-order valence-corrected chi connectivity index (χ0v) is 12.8. The predicted molar refractivity (Wildman–Crippen MR) is 81.3 cm³/mol. The van der Waals surface area contributed by atoms with Gasteiger partial charge in [-0.3, -0.25) is 4.72 Å². The topological polar surface area (TPSA) is 72.2 Å². The molecular weight excluding hydrogens is 315 g/mol. The third kappa shape index (κ3) is 3.53. The first kappa shape index (κ1) is 15.8. The van der Waals surface area contributed by atoms with Gasteiger partial charge in [0.2, 0.25) is 0 Å². The maximum absolute atomic E-state index is 13.7. The fraction of sp³-hybridized carbons (Fsp3) is 0.143. The number of nitrogens with one attached hydrogen (secondary N) is 1. The van der Waals surface area contributed by atoms with E-state index in [1.807, 2.05) is 0 Å². The van der Waals surface area contributed by atoms with E-state index in [2.05, 4.69) is 4.72 Å². The molecule has 0 aromatic heterocycles. The highest BCUT2D eigenvalue weighted by Crippen LogP contribution is 2.23. The summed E-state index contributed by atoms with van der Waals surface area (Å²) in [6, 6.07) is 8.81. The van der Waals surface area contributed by atoms with Crippen LogP contribution in [0.2, 0.25) is 5.02 Å². The van der Waals surface area contributed by atoms with E-state index in [9.17, 15) is 12.8 Å². The van der Waals surface area contributed by atoms with Gasteiger partial charge in [0.25, 0.3) is 10.0 Å².